The molecule has 0 unspecified atom stereocenters. The molecule has 1 aromatic heterocycles. The lowest BCUT2D eigenvalue weighted by Gasteiger charge is -2.00. The van der Waals surface area contributed by atoms with E-state index in [0.29, 0.717) is 11.1 Å². The largest absolute Gasteiger partial charge is 0.329 e. The molecular formula is C11H7F2NO. The number of aromatic nitrogens is 1. The smallest absolute Gasteiger partial charge is 0.248 e. The van der Waals surface area contributed by atoms with Gasteiger partial charge in [-0.25, -0.2) is 8.78 Å². The first-order chi connectivity index (χ1) is 7.16. The van der Waals surface area contributed by atoms with Crippen LogP contribution in [0.25, 0.3) is 11.1 Å². The molecule has 0 bridgehead atoms. The van der Waals surface area contributed by atoms with Gasteiger partial charge in [0.15, 0.2) is 11.6 Å². The van der Waals surface area contributed by atoms with E-state index < -0.39 is 11.6 Å². The van der Waals surface area contributed by atoms with Crippen molar-refractivity contribution in [2.24, 2.45) is 0 Å². The molecule has 2 aromatic rings. The summed E-state index contributed by atoms with van der Waals surface area (Å²) in [6, 6.07) is 6.46. The van der Waals surface area contributed by atoms with Crippen LogP contribution in [0.2, 0.25) is 0 Å². The molecule has 0 amide bonds. The first-order valence-electron chi connectivity index (χ1n) is 4.31. The van der Waals surface area contributed by atoms with Crippen LogP contribution in [0.1, 0.15) is 0 Å². The summed E-state index contributed by atoms with van der Waals surface area (Å²) in [5, 5.41) is 0. The highest BCUT2D eigenvalue weighted by Crippen LogP contribution is 2.19. The van der Waals surface area contributed by atoms with Crippen molar-refractivity contribution in [1.82, 2.24) is 4.98 Å². The third-order valence-electron chi connectivity index (χ3n) is 2.03. The Bertz CT molecular complexity index is 548. The molecule has 0 saturated heterocycles. The Morgan fingerprint density at radius 1 is 0.933 bits per heavy atom. The number of H-pyrrole nitrogens is 1. The summed E-state index contributed by atoms with van der Waals surface area (Å²) < 4.78 is 25.6. The SMILES string of the molecule is O=c1cc(-c2ccc(F)c(F)c2)cc[nH]1. The molecule has 2 nitrogen and oxygen atoms in total. The average molecular weight is 207 g/mol. The highest BCUT2D eigenvalue weighted by Gasteiger charge is 2.04. The predicted molar refractivity (Wildman–Crippen MR) is 52.4 cm³/mol. The zero-order valence-electron chi connectivity index (χ0n) is 7.63. The van der Waals surface area contributed by atoms with Gasteiger partial charge in [0.25, 0.3) is 0 Å². The maximum absolute atomic E-state index is 12.9. The van der Waals surface area contributed by atoms with Gasteiger partial charge in [-0.3, -0.25) is 4.79 Å². The number of hydrogen-bond donors (Lipinski definition) is 1. The Morgan fingerprint density at radius 3 is 2.33 bits per heavy atom. The van der Waals surface area contributed by atoms with Gasteiger partial charge in [0.05, 0.1) is 0 Å². The van der Waals surface area contributed by atoms with Gasteiger partial charge in [0.2, 0.25) is 5.56 Å². The quantitative estimate of drug-likeness (QED) is 0.764. The fourth-order valence-electron chi connectivity index (χ4n) is 1.30. The fourth-order valence-corrected chi connectivity index (χ4v) is 1.30. The zero-order chi connectivity index (χ0) is 10.8. The second kappa shape index (κ2) is 3.65. The summed E-state index contributed by atoms with van der Waals surface area (Å²) in [7, 11) is 0. The number of benzene rings is 1. The van der Waals surface area contributed by atoms with Crippen LogP contribution in [0, 0.1) is 11.6 Å². The van der Waals surface area contributed by atoms with Crippen molar-refractivity contribution >= 4 is 0 Å². The third-order valence-corrected chi connectivity index (χ3v) is 2.03. The van der Waals surface area contributed by atoms with E-state index in [1.807, 2.05) is 0 Å². The van der Waals surface area contributed by atoms with E-state index in [4.69, 9.17) is 0 Å². The first-order valence-corrected chi connectivity index (χ1v) is 4.31. The molecule has 0 fully saturated rings. The van der Waals surface area contributed by atoms with Gasteiger partial charge in [-0.15, -0.1) is 0 Å². The first kappa shape index (κ1) is 9.58. The average Bonchev–Trinajstić information content (AvgIpc) is 2.22. The molecule has 0 saturated carbocycles. The van der Waals surface area contributed by atoms with E-state index in [-0.39, 0.29) is 5.56 Å². The van der Waals surface area contributed by atoms with Crippen molar-refractivity contribution in [3.63, 3.8) is 0 Å². The fraction of sp³-hybridized carbons (Fsp3) is 0. The molecule has 76 valence electrons. The normalized spacial score (nSPS) is 10.3. The van der Waals surface area contributed by atoms with Crippen LogP contribution in [0.4, 0.5) is 8.78 Å². The van der Waals surface area contributed by atoms with Gasteiger partial charge in [-0.05, 0) is 29.3 Å². The topological polar surface area (TPSA) is 32.9 Å². The number of hydrogen-bond acceptors (Lipinski definition) is 1. The van der Waals surface area contributed by atoms with Gasteiger partial charge in [-0.2, -0.15) is 0 Å². The van der Waals surface area contributed by atoms with E-state index in [0.717, 1.165) is 12.1 Å². The molecule has 1 N–H and O–H groups in total. The van der Waals surface area contributed by atoms with Crippen LogP contribution in [0.3, 0.4) is 0 Å². The van der Waals surface area contributed by atoms with Gasteiger partial charge >= 0.3 is 0 Å². The zero-order valence-corrected chi connectivity index (χ0v) is 7.63. The van der Waals surface area contributed by atoms with Crippen molar-refractivity contribution < 1.29 is 8.78 Å². The van der Waals surface area contributed by atoms with Crippen molar-refractivity contribution in [2.45, 2.75) is 0 Å². The Labute approximate surface area is 84.2 Å². The van der Waals surface area contributed by atoms with Crippen LogP contribution in [0.15, 0.2) is 41.3 Å². The molecular weight excluding hydrogens is 200 g/mol. The molecule has 1 aromatic carbocycles. The van der Waals surface area contributed by atoms with Crippen molar-refractivity contribution in [2.75, 3.05) is 0 Å². The Balaban J connectivity index is 2.55. The van der Waals surface area contributed by atoms with Crippen molar-refractivity contribution in [3.8, 4) is 11.1 Å². The lowest BCUT2D eigenvalue weighted by molar-refractivity contribution is 0.509. The van der Waals surface area contributed by atoms with Gasteiger partial charge in [0.1, 0.15) is 0 Å². The Hall–Kier alpha value is -1.97. The highest BCUT2D eigenvalue weighted by molar-refractivity contribution is 5.62. The summed E-state index contributed by atoms with van der Waals surface area (Å²) in [5.41, 5.74) is 0.745. The van der Waals surface area contributed by atoms with E-state index in [2.05, 4.69) is 4.98 Å². The van der Waals surface area contributed by atoms with Crippen LogP contribution in [-0.2, 0) is 0 Å². The highest BCUT2D eigenvalue weighted by atomic mass is 19.2. The standard InChI is InChI=1S/C11H7F2NO/c12-9-2-1-7(5-10(9)13)8-3-4-14-11(15)6-8/h1-6H,(H,14,15). The molecule has 15 heavy (non-hydrogen) atoms. The summed E-state index contributed by atoms with van der Waals surface area (Å²) in [6.07, 6.45) is 1.46. The summed E-state index contributed by atoms with van der Waals surface area (Å²) in [5.74, 6) is -1.82. The monoisotopic (exact) mass is 207 g/mol. The maximum atomic E-state index is 12.9. The minimum Gasteiger partial charge on any atom is -0.329 e. The second-order valence-electron chi connectivity index (χ2n) is 3.07. The number of halogens is 2. The summed E-state index contributed by atoms with van der Waals surface area (Å²) in [6.45, 7) is 0. The number of aromatic amines is 1. The molecule has 0 atom stereocenters. The maximum Gasteiger partial charge on any atom is 0.248 e. The molecule has 4 heteroatoms. The molecule has 2 rings (SSSR count). The van der Waals surface area contributed by atoms with Crippen molar-refractivity contribution in [3.05, 3.63) is 58.5 Å². The van der Waals surface area contributed by atoms with Gasteiger partial charge in [-0.1, -0.05) is 6.07 Å². The third kappa shape index (κ3) is 1.93. The number of nitrogens with one attached hydrogen (secondary N) is 1. The van der Waals surface area contributed by atoms with Gasteiger partial charge < -0.3 is 4.98 Å². The molecule has 0 radical (unpaired) electrons. The van der Waals surface area contributed by atoms with Crippen LogP contribution in [0.5, 0.6) is 0 Å². The second-order valence-corrected chi connectivity index (χ2v) is 3.07. The van der Waals surface area contributed by atoms with Gasteiger partial charge in [0, 0.05) is 12.3 Å². The van der Waals surface area contributed by atoms with E-state index >= 15 is 0 Å². The lowest BCUT2D eigenvalue weighted by atomic mass is 10.1. The van der Waals surface area contributed by atoms with Crippen molar-refractivity contribution in [1.29, 1.82) is 0 Å². The predicted octanol–water partition coefficient (Wildman–Crippen LogP) is 2.32. The minimum absolute atomic E-state index is 0.280. The molecule has 0 aliphatic rings. The molecule has 0 aliphatic carbocycles. The van der Waals surface area contributed by atoms with Crippen LogP contribution < -0.4 is 5.56 Å². The summed E-state index contributed by atoms with van der Waals surface area (Å²) >= 11 is 0. The van der Waals surface area contributed by atoms with Crippen LogP contribution >= 0.6 is 0 Å². The van der Waals surface area contributed by atoms with E-state index in [9.17, 15) is 13.6 Å². The van der Waals surface area contributed by atoms with Crippen LogP contribution in [-0.4, -0.2) is 4.98 Å². The lowest BCUT2D eigenvalue weighted by Crippen LogP contribution is -2.02. The number of rotatable bonds is 1. The summed E-state index contributed by atoms with van der Waals surface area (Å²) in [4.78, 5) is 13.4. The Morgan fingerprint density at radius 2 is 1.67 bits per heavy atom. The van der Waals surface area contributed by atoms with E-state index in [1.165, 1.54) is 18.3 Å². The minimum atomic E-state index is -0.923. The number of pyridine rings is 1. The Kier molecular flexibility index (Phi) is 2.33. The van der Waals surface area contributed by atoms with E-state index in [1.54, 1.807) is 6.07 Å². The molecule has 1 heterocycles. The molecule has 0 spiro atoms. The molecule has 0 aliphatic heterocycles.